The number of hydrogen-bond donors (Lipinski definition) is 1. The monoisotopic (exact) mass is 422 g/mol. The van der Waals surface area contributed by atoms with E-state index in [1.807, 2.05) is 6.07 Å². The van der Waals surface area contributed by atoms with Crippen LogP contribution in [-0.4, -0.2) is 18.5 Å². The number of fused-ring (bicyclic) bond motifs is 1. The lowest BCUT2D eigenvalue weighted by molar-refractivity contribution is -0.119. The van der Waals surface area contributed by atoms with Crippen molar-refractivity contribution in [2.45, 2.75) is 0 Å². The molecular weight excluding hydrogens is 414 g/mol. The molecular formula is C18H9Cl2FN2O3S. The smallest absolute Gasteiger partial charge is 0.350 e. The first-order valence-electron chi connectivity index (χ1n) is 7.43. The van der Waals surface area contributed by atoms with Crippen LogP contribution in [0, 0.1) is 17.1 Å². The largest absolute Gasteiger partial charge is 0.451 e. The Kier molecular flexibility index (Phi) is 5.61. The highest BCUT2D eigenvalue weighted by Gasteiger charge is 2.20. The van der Waals surface area contributed by atoms with Crippen LogP contribution in [-0.2, 0) is 9.53 Å². The van der Waals surface area contributed by atoms with Crippen LogP contribution in [0.15, 0.2) is 36.4 Å². The molecule has 2 aromatic carbocycles. The third-order valence-corrected chi connectivity index (χ3v) is 5.43. The Labute approximate surface area is 166 Å². The summed E-state index contributed by atoms with van der Waals surface area (Å²) < 4.78 is 18.8. The van der Waals surface area contributed by atoms with Crippen molar-refractivity contribution in [3.05, 3.63) is 62.7 Å². The molecule has 0 bridgehead atoms. The van der Waals surface area contributed by atoms with Gasteiger partial charge in [0.1, 0.15) is 16.8 Å². The number of nitriles is 1. The highest BCUT2D eigenvalue weighted by atomic mass is 35.5. The molecule has 0 aliphatic carbocycles. The van der Waals surface area contributed by atoms with E-state index in [0.29, 0.717) is 15.8 Å². The quantitative estimate of drug-likeness (QED) is 0.598. The van der Waals surface area contributed by atoms with Gasteiger partial charge in [0.15, 0.2) is 6.61 Å². The number of anilines is 1. The molecule has 1 heterocycles. The van der Waals surface area contributed by atoms with E-state index in [9.17, 15) is 14.0 Å². The Balaban J connectivity index is 1.65. The first-order chi connectivity index (χ1) is 12.9. The first kappa shape index (κ1) is 19.1. The molecule has 136 valence electrons. The van der Waals surface area contributed by atoms with Gasteiger partial charge in [-0.15, -0.1) is 11.3 Å². The maximum absolute atomic E-state index is 13.3. The van der Waals surface area contributed by atoms with E-state index < -0.39 is 24.3 Å². The van der Waals surface area contributed by atoms with Crippen molar-refractivity contribution in [2.75, 3.05) is 11.9 Å². The summed E-state index contributed by atoms with van der Waals surface area (Å²) >= 11 is 13.0. The Hall–Kier alpha value is -2.66. The summed E-state index contributed by atoms with van der Waals surface area (Å²) in [5, 5.41) is 12.2. The van der Waals surface area contributed by atoms with Crippen molar-refractivity contribution >= 4 is 62.2 Å². The van der Waals surface area contributed by atoms with Gasteiger partial charge in [0.2, 0.25) is 0 Å². The van der Waals surface area contributed by atoms with Crippen molar-refractivity contribution in [2.24, 2.45) is 0 Å². The van der Waals surface area contributed by atoms with Gasteiger partial charge in [0, 0.05) is 15.8 Å². The Morgan fingerprint density at radius 2 is 2.00 bits per heavy atom. The summed E-state index contributed by atoms with van der Waals surface area (Å²) in [5.41, 5.74) is 0.632. The van der Waals surface area contributed by atoms with E-state index in [1.165, 1.54) is 36.4 Å². The molecule has 0 saturated carbocycles. The van der Waals surface area contributed by atoms with Crippen LogP contribution >= 0.6 is 34.5 Å². The van der Waals surface area contributed by atoms with E-state index in [4.69, 9.17) is 33.2 Å². The average molecular weight is 423 g/mol. The van der Waals surface area contributed by atoms with Gasteiger partial charge in [-0.25, -0.2) is 9.18 Å². The zero-order valence-electron chi connectivity index (χ0n) is 13.4. The fourth-order valence-corrected chi connectivity index (χ4v) is 3.90. The Morgan fingerprint density at radius 1 is 1.22 bits per heavy atom. The van der Waals surface area contributed by atoms with Gasteiger partial charge in [-0.3, -0.25) is 4.79 Å². The number of benzene rings is 2. The SMILES string of the molecule is N#Cc1ccc(NC(=O)COC(=O)c2sc3cc(F)ccc3c2Cl)cc1Cl. The van der Waals surface area contributed by atoms with Gasteiger partial charge in [-0.1, -0.05) is 23.2 Å². The molecule has 9 heteroatoms. The number of thiophene rings is 1. The Morgan fingerprint density at radius 3 is 2.70 bits per heavy atom. The molecule has 5 nitrogen and oxygen atoms in total. The van der Waals surface area contributed by atoms with Crippen LogP contribution in [0.2, 0.25) is 10.0 Å². The number of rotatable bonds is 4. The van der Waals surface area contributed by atoms with E-state index in [2.05, 4.69) is 5.32 Å². The number of esters is 1. The maximum atomic E-state index is 13.3. The second-order valence-corrected chi connectivity index (χ2v) is 7.15. The van der Waals surface area contributed by atoms with Gasteiger partial charge >= 0.3 is 5.97 Å². The van der Waals surface area contributed by atoms with Gasteiger partial charge in [-0.05, 0) is 36.4 Å². The van der Waals surface area contributed by atoms with Crippen molar-refractivity contribution in [3.8, 4) is 6.07 Å². The van der Waals surface area contributed by atoms with Crippen LogP contribution < -0.4 is 5.32 Å². The molecule has 1 aromatic heterocycles. The molecule has 3 rings (SSSR count). The predicted octanol–water partition coefficient (Wildman–Crippen LogP) is 5.01. The van der Waals surface area contributed by atoms with Gasteiger partial charge in [0.05, 0.1) is 15.6 Å². The highest BCUT2D eigenvalue weighted by molar-refractivity contribution is 7.21. The topological polar surface area (TPSA) is 79.2 Å². The normalized spacial score (nSPS) is 10.4. The number of halogens is 3. The molecule has 0 radical (unpaired) electrons. The second kappa shape index (κ2) is 7.92. The van der Waals surface area contributed by atoms with E-state index >= 15 is 0 Å². The molecule has 3 aromatic rings. The molecule has 0 fully saturated rings. The van der Waals surface area contributed by atoms with Crippen molar-refractivity contribution in [1.82, 2.24) is 0 Å². The third kappa shape index (κ3) is 4.19. The van der Waals surface area contributed by atoms with Gasteiger partial charge in [0.25, 0.3) is 5.91 Å². The zero-order chi connectivity index (χ0) is 19.6. The summed E-state index contributed by atoms with van der Waals surface area (Å²) in [6, 6.07) is 10.3. The van der Waals surface area contributed by atoms with Gasteiger partial charge in [-0.2, -0.15) is 5.26 Å². The fraction of sp³-hybridized carbons (Fsp3) is 0.0556. The number of nitrogens with zero attached hydrogens (tertiary/aromatic N) is 1. The van der Waals surface area contributed by atoms with E-state index in [0.717, 1.165) is 11.3 Å². The van der Waals surface area contributed by atoms with Crippen LogP contribution in [0.1, 0.15) is 15.2 Å². The predicted molar refractivity (Wildman–Crippen MR) is 102 cm³/mol. The number of amides is 1. The minimum absolute atomic E-state index is 0.0893. The highest BCUT2D eigenvalue weighted by Crippen LogP contribution is 2.36. The van der Waals surface area contributed by atoms with Gasteiger partial charge < -0.3 is 10.1 Å². The van der Waals surface area contributed by atoms with Crippen molar-refractivity contribution in [1.29, 1.82) is 5.26 Å². The molecule has 27 heavy (non-hydrogen) atoms. The minimum atomic E-state index is -0.783. The fourth-order valence-electron chi connectivity index (χ4n) is 2.25. The van der Waals surface area contributed by atoms with Crippen LogP contribution in [0.25, 0.3) is 10.1 Å². The summed E-state index contributed by atoms with van der Waals surface area (Å²) in [6.45, 7) is -0.546. The summed E-state index contributed by atoms with van der Waals surface area (Å²) in [6.07, 6.45) is 0. The molecule has 0 aliphatic heterocycles. The number of hydrogen-bond acceptors (Lipinski definition) is 5. The molecule has 1 N–H and O–H groups in total. The lowest BCUT2D eigenvalue weighted by Gasteiger charge is -2.07. The first-order valence-corrected chi connectivity index (χ1v) is 9.00. The lowest BCUT2D eigenvalue weighted by Crippen LogP contribution is -2.20. The van der Waals surface area contributed by atoms with Crippen LogP contribution in [0.3, 0.4) is 0 Å². The van der Waals surface area contributed by atoms with Crippen LogP contribution in [0.5, 0.6) is 0 Å². The van der Waals surface area contributed by atoms with Crippen LogP contribution in [0.4, 0.5) is 10.1 Å². The van der Waals surface area contributed by atoms with E-state index in [1.54, 1.807) is 0 Å². The molecule has 0 spiro atoms. The maximum Gasteiger partial charge on any atom is 0.350 e. The zero-order valence-corrected chi connectivity index (χ0v) is 15.7. The summed E-state index contributed by atoms with van der Waals surface area (Å²) in [7, 11) is 0. The second-order valence-electron chi connectivity index (χ2n) is 5.32. The standard InChI is InChI=1S/C18H9Cl2FN2O3S/c19-13-6-11(3-1-9(13)7-22)23-15(24)8-26-18(25)17-16(20)12-4-2-10(21)5-14(12)27-17/h1-6H,8H2,(H,23,24). The number of nitrogens with one attached hydrogen (secondary N) is 1. The third-order valence-electron chi connectivity index (χ3n) is 3.48. The Bertz CT molecular complexity index is 1110. The van der Waals surface area contributed by atoms with Crippen molar-refractivity contribution < 1.29 is 18.7 Å². The number of carbonyl (C=O) groups is 2. The molecule has 1 amide bonds. The number of carbonyl (C=O) groups excluding carboxylic acids is 2. The van der Waals surface area contributed by atoms with E-state index in [-0.39, 0.29) is 20.5 Å². The van der Waals surface area contributed by atoms with Crippen molar-refractivity contribution in [3.63, 3.8) is 0 Å². The molecule has 0 unspecified atom stereocenters. The molecule has 0 atom stereocenters. The average Bonchev–Trinajstić information content (AvgIpc) is 2.96. The molecule has 0 saturated heterocycles. The summed E-state index contributed by atoms with van der Waals surface area (Å²) in [4.78, 5) is 24.2. The minimum Gasteiger partial charge on any atom is -0.451 e. The number of ether oxygens (including phenoxy) is 1. The molecule has 0 aliphatic rings. The lowest BCUT2D eigenvalue weighted by atomic mass is 10.2. The summed E-state index contributed by atoms with van der Waals surface area (Å²) in [5.74, 6) is -1.82.